The summed E-state index contributed by atoms with van der Waals surface area (Å²) in [5.74, 6) is 1.21. The molecule has 0 spiro atoms. The molecule has 0 aliphatic carbocycles. The predicted octanol–water partition coefficient (Wildman–Crippen LogP) is 1.53. The van der Waals surface area contributed by atoms with E-state index in [0.717, 1.165) is 22.4 Å². The minimum atomic E-state index is 0.445. The van der Waals surface area contributed by atoms with Gasteiger partial charge in [0.05, 0.1) is 16.8 Å². The van der Waals surface area contributed by atoms with E-state index in [4.69, 9.17) is 10.5 Å². The Hall–Kier alpha value is -0.680. The molecule has 0 saturated carbocycles. The molecule has 0 radical (unpaired) electrons. The molecule has 0 saturated heterocycles. The van der Waals surface area contributed by atoms with Gasteiger partial charge in [0, 0.05) is 13.5 Å². The number of halogens is 1. The molecule has 0 fully saturated rings. The number of aromatic nitrogens is 2. The number of nitrogens with two attached hydrogens (primary N) is 1. The standard InChI is InChI=1S/C8H12BrN3O/c1-3-6-11-5(4-13-2)7(9)8(10)12-6/h3-4H2,1-2H3,(H2,10,11,12). The molecule has 2 N–H and O–H groups in total. The van der Waals surface area contributed by atoms with Gasteiger partial charge in [-0.25, -0.2) is 9.97 Å². The molecule has 0 bridgehead atoms. The summed E-state index contributed by atoms with van der Waals surface area (Å²) >= 11 is 3.31. The van der Waals surface area contributed by atoms with Crippen molar-refractivity contribution in [1.82, 2.24) is 9.97 Å². The second-order valence-electron chi connectivity index (χ2n) is 2.57. The maximum Gasteiger partial charge on any atom is 0.141 e. The minimum Gasteiger partial charge on any atom is -0.383 e. The van der Waals surface area contributed by atoms with Crippen LogP contribution in [0.15, 0.2) is 4.47 Å². The monoisotopic (exact) mass is 245 g/mol. The summed E-state index contributed by atoms with van der Waals surface area (Å²) in [7, 11) is 1.62. The molecule has 0 aliphatic heterocycles. The van der Waals surface area contributed by atoms with Crippen LogP contribution in [-0.4, -0.2) is 17.1 Å². The SMILES string of the molecule is CCc1nc(N)c(Br)c(COC)n1. The van der Waals surface area contributed by atoms with Crippen LogP contribution in [0.3, 0.4) is 0 Å². The van der Waals surface area contributed by atoms with Crippen LogP contribution in [0.4, 0.5) is 5.82 Å². The van der Waals surface area contributed by atoms with E-state index in [1.165, 1.54) is 0 Å². The predicted molar refractivity (Wildman–Crippen MR) is 54.2 cm³/mol. The summed E-state index contributed by atoms with van der Waals surface area (Å²) in [5.41, 5.74) is 6.47. The lowest BCUT2D eigenvalue weighted by Crippen LogP contribution is -2.05. The van der Waals surface area contributed by atoms with Crippen molar-refractivity contribution in [3.8, 4) is 0 Å². The van der Waals surface area contributed by atoms with Crippen LogP contribution >= 0.6 is 15.9 Å². The van der Waals surface area contributed by atoms with Crippen LogP contribution in [0.5, 0.6) is 0 Å². The van der Waals surface area contributed by atoms with Gasteiger partial charge in [0.2, 0.25) is 0 Å². The van der Waals surface area contributed by atoms with Gasteiger partial charge in [-0.3, -0.25) is 0 Å². The Labute approximate surface area is 85.7 Å². The van der Waals surface area contributed by atoms with Crippen LogP contribution in [0.1, 0.15) is 18.4 Å². The molecule has 1 heterocycles. The van der Waals surface area contributed by atoms with Crippen LogP contribution in [0, 0.1) is 0 Å². The zero-order chi connectivity index (χ0) is 9.84. The fourth-order valence-electron chi connectivity index (χ4n) is 0.956. The van der Waals surface area contributed by atoms with Crippen LogP contribution in [-0.2, 0) is 17.8 Å². The number of nitrogens with zero attached hydrogens (tertiary/aromatic N) is 2. The van der Waals surface area contributed by atoms with Gasteiger partial charge >= 0.3 is 0 Å². The second-order valence-corrected chi connectivity index (χ2v) is 3.37. The number of ether oxygens (including phenoxy) is 1. The Bertz CT molecular complexity index is 304. The number of rotatable bonds is 3. The fraction of sp³-hybridized carbons (Fsp3) is 0.500. The molecule has 1 aromatic rings. The molecule has 4 nitrogen and oxygen atoms in total. The zero-order valence-electron chi connectivity index (χ0n) is 7.67. The lowest BCUT2D eigenvalue weighted by atomic mass is 10.3. The smallest absolute Gasteiger partial charge is 0.141 e. The molecule has 1 rings (SSSR count). The average Bonchev–Trinajstić information content (AvgIpc) is 2.13. The second kappa shape index (κ2) is 4.53. The molecule has 0 aromatic carbocycles. The molecular weight excluding hydrogens is 234 g/mol. The molecule has 72 valence electrons. The number of hydrogen-bond donors (Lipinski definition) is 1. The van der Waals surface area contributed by atoms with E-state index in [1.54, 1.807) is 7.11 Å². The van der Waals surface area contributed by atoms with E-state index in [1.807, 2.05) is 6.92 Å². The summed E-state index contributed by atoms with van der Waals surface area (Å²) in [5, 5.41) is 0. The first-order valence-electron chi connectivity index (χ1n) is 3.98. The number of anilines is 1. The van der Waals surface area contributed by atoms with E-state index in [9.17, 15) is 0 Å². The Morgan fingerprint density at radius 3 is 2.69 bits per heavy atom. The number of methoxy groups -OCH3 is 1. The summed E-state index contributed by atoms with van der Waals surface area (Å²) in [4.78, 5) is 8.38. The van der Waals surface area contributed by atoms with Crippen LogP contribution in [0.25, 0.3) is 0 Å². The third-order valence-corrected chi connectivity index (χ3v) is 2.45. The summed E-state index contributed by atoms with van der Waals surface area (Å²) in [6.07, 6.45) is 0.772. The molecule has 5 heteroatoms. The van der Waals surface area contributed by atoms with E-state index >= 15 is 0 Å². The Morgan fingerprint density at radius 1 is 1.46 bits per heavy atom. The molecule has 1 aromatic heterocycles. The number of nitrogen functional groups attached to an aromatic ring is 1. The van der Waals surface area contributed by atoms with Crippen molar-refractivity contribution in [3.05, 3.63) is 16.0 Å². The maximum absolute atomic E-state index is 5.67. The van der Waals surface area contributed by atoms with Crippen molar-refractivity contribution in [2.45, 2.75) is 20.0 Å². The lowest BCUT2D eigenvalue weighted by molar-refractivity contribution is 0.180. The number of aryl methyl sites for hydroxylation is 1. The van der Waals surface area contributed by atoms with Gasteiger partial charge in [-0.1, -0.05) is 6.92 Å². The van der Waals surface area contributed by atoms with E-state index in [2.05, 4.69) is 25.9 Å². The van der Waals surface area contributed by atoms with Crippen molar-refractivity contribution >= 4 is 21.7 Å². The quantitative estimate of drug-likeness (QED) is 0.878. The third-order valence-electron chi connectivity index (χ3n) is 1.59. The Balaban J connectivity index is 3.09. The molecule has 13 heavy (non-hydrogen) atoms. The van der Waals surface area contributed by atoms with E-state index in [0.29, 0.717) is 12.4 Å². The van der Waals surface area contributed by atoms with E-state index < -0.39 is 0 Å². The first-order valence-corrected chi connectivity index (χ1v) is 4.78. The molecule has 0 atom stereocenters. The highest BCUT2D eigenvalue weighted by atomic mass is 79.9. The van der Waals surface area contributed by atoms with Gasteiger partial charge in [0.25, 0.3) is 0 Å². The molecule has 0 aliphatic rings. The topological polar surface area (TPSA) is 61.0 Å². The van der Waals surface area contributed by atoms with Gasteiger partial charge in [0.1, 0.15) is 11.6 Å². The summed E-state index contributed by atoms with van der Waals surface area (Å²) in [6.45, 7) is 2.43. The summed E-state index contributed by atoms with van der Waals surface area (Å²) in [6, 6.07) is 0. The van der Waals surface area contributed by atoms with Gasteiger partial charge in [-0.05, 0) is 15.9 Å². The Kier molecular flexibility index (Phi) is 3.62. The lowest BCUT2D eigenvalue weighted by Gasteiger charge is -2.06. The molecular formula is C8H12BrN3O. The normalized spacial score (nSPS) is 10.4. The minimum absolute atomic E-state index is 0.445. The highest BCUT2D eigenvalue weighted by molar-refractivity contribution is 9.10. The highest BCUT2D eigenvalue weighted by Crippen LogP contribution is 2.21. The first kappa shape index (κ1) is 10.4. The fourth-order valence-corrected chi connectivity index (χ4v) is 1.25. The molecule has 0 unspecified atom stereocenters. The van der Waals surface area contributed by atoms with Crippen molar-refractivity contribution in [2.24, 2.45) is 0 Å². The third kappa shape index (κ3) is 2.38. The van der Waals surface area contributed by atoms with Crippen molar-refractivity contribution in [3.63, 3.8) is 0 Å². The van der Waals surface area contributed by atoms with Crippen molar-refractivity contribution in [1.29, 1.82) is 0 Å². The molecule has 0 amide bonds. The largest absolute Gasteiger partial charge is 0.383 e. The van der Waals surface area contributed by atoms with Crippen LogP contribution in [0.2, 0.25) is 0 Å². The maximum atomic E-state index is 5.67. The number of hydrogen-bond acceptors (Lipinski definition) is 4. The van der Waals surface area contributed by atoms with Gasteiger partial charge in [-0.15, -0.1) is 0 Å². The van der Waals surface area contributed by atoms with Crippen molar-refractivity contribution < 1.29 is 4.74 Å². The van der Waals surface area contributed by atoms with E-state index in [-0.39, 0.29) is 0 Å². The van der Waals surface area contributed by atoms with Gasteiger partial charge < -0.3 is 10.5 Å². The first-order chi connectivity index (χ1) is 6.19. The summed E-state index contributed by atoms with van der Waals surface area (Å²) < 4.78 is 5.72. The van der Waals surface area contributed by atoms with Gasteiger partial charge in [-0.2, -0.15) is 0 Å². The van der Waals surface area contributed by atoms with Crippen LogP contribution < -0.4 is 5.73 Å². The zero-order valence-corrected chi connectivity index (χ0v) is 9.26. The Morgan fingerprint density at radius 2 is 2.15 bits per heavy atom. The average molecular weight is 246 g/mol. The van der Waals surface area contributed by atoms with Crippen molar-refractivity contribution in [2.75, 3.05) is 12.8 Å². The highest BCUT2D eigenvalue weighted by Gasteiger charge is 2.08. The van der Waals surface area contributed by atoms with Gasteiger partial charge in [0.15, 0.2) is 0 Å².